The average Bonchev–Trinajstić information content (AvgIpc) is 3.34. The highest BCUT2D eigenvalue weighted by Gasteiger charge is 2.18. The summed E-state index contributed by atoms with van der Waals surface area (Å²) in [6.07, 6.45) is 71.6. The van der Waals surface area contributed by atoms with Crippen molar-refractivity contribution in [3.05, 3.63) is 36.5 Å². The SMILES string of the molecule is CCCCC/C=C\C/C=C\CCCCCCCCCCCC(=O)OCCCCCCCCCCCCCCCCCC(=O)NC(CO)C(O)/C=C/CCCCCCCCCCCCCCCCC. The minimum absolute atomic E-state index is 0.00404. The van der Waals surface area contributed by atoms with Gasteiger partial charge in [0.05, 0.1) is 25.4 Å². The van der Waals surface area contributed by atoms with E-state index in [1.54, 1.807) is 6.08 Å². The second-order valence-corrected chi connectivity index (χ2v) is 20.7. The third-order valence-corrected chi connectivity index (χ3v) is 13.9. The maximum absolute atomic E-state index is 12.5. The van der Waals surface area contributed by atoms with Gasteiger partial charge in [-0.15, -0.1) is 0 Å². The van der Waals surface area contributed by atoms with E-state index in [1.165, 1.54) is 231 Å². The van der Waals surface area contributed by atoms with E-state index in [-0.39, 0.29) is 18.5 Å². The number of amides is 1. The Balaban J connectivity index is 3.45. The van der Waals surface area contributed by atoms with Crippen LogP contribution < -0.4 is 5.32 Å². The number of allylic oxidation sites excluding steroid dienone is 5. The lowest BCUT2D eigenvalue weighted by Crippen LogP contribution is -2.45. The number of nitrogens with one attached hydrogen (secondary N) is 1. The number of carbonyl (C=O) groups is 2. The first-order valence-electron chi connectivity index (χ1n) is 30.3. The molecule has 0 aliphatic carbocycles. The maximum atomic E-state index is 12.5. The van der Waals surface area contributed by atoms with Gasteiger partial charge in [0.2, 0.25) is 5.91 Å². The van der Waals surface area contributed by atoms with Gasteiger partial charge in [0.1, 0.15) is 0 Å². The highest BCUT2D eigenvalue weighted by molar-refractivity contribution is 5.76. The minimum atomic E-state index is -0.851. The number of unbranched alkanes of at least 4 members (excludes halogenated alkanes) is 41. The molecule has 2 atom stereocenters. The first-order chi connectivity index (χ1) is 33.5. The van der Waals surface area contributed by atoms with Gasteiger partial charge in [0.15, 0.2) is 0 Å². The van der Waals surface area contributed by atoms with Gasteiger partial charge < -0.3 is 20.3 Å². The fourth-order valence-corrected chi connectivity index (χ4v) is 9.25. The summed E-state index contributed by atoms with van der Waals surface area (Å²) >= 11 is 0. The van der Waals surface area contributed by atoms with E-state index in [9.17, 15) is 19.8 Å². The summed E-state index contributed by atoms with van der Waals surface area (Å²) < 4.78 is 5.49. The Hall–Kier alpha value is -1.92. The lowest BCUT2D eigenvalue weighted by atomic mass is 10.0. The number of carbonyl (C=O) groups excluding carboxylic acids is 2. The topological polar surface area (TPSA) is 95.9 Å². The summed E-state index contributed by atoms with van der Waals surface area (Å²) in [7, 11) is 0. The summed E-state index contributed by atoms with van der Waals surface area (Å²) in [4.78, 5) is 24.6. The van der Waals surface area contributed by atoms with Crippen molar-refractivity contribution in [1.82, 2.24) is 5.32 Å². The van der Waals surface area contributed by atoms with Gasteiger partial charge in [-0.05, 0) is 64.2 Å². The molecule has 0 aromatic heterocycles. The third kappa shape index (κ3) is 53.4. The van der Waals surface area contributed by atoms with Crippen LogP contribution in [-0.4, -0.2) is 47.4 Å². The molecule has 1 amide bonds. The molecule has 68 heavy (non-hydrogen) atoms. The molecule has 3 N–H and O–H groups in total. The van der Waals surface area contributed by atoms with Gasteiger partial charge in [-0.2, -0.15) is 0 Å². The van der Waals surface area contributed by atoms with Crippen LogP contribution in [0.2, 0.25) is 0 Å². The van der Waals surface area contributed by atoms with Crippen molar-refractivity contribution < 1.29 is 24.5 Å². The molecule has 6 heteroatoms. The van der Waals surface area contributed by atoms with Crippen LogP contribution in [0, 0.1) is 0 Å². The fourth-order valence-electron chi connectivity index (χ4n) is 9.25. The monoisotopic (exact) mass is 956 g/mol. The molecule has 0 aromatic carbocycles. The standard InChI is InChI=1S/C62H117NO5/c1-3-5-7-9-11-13-15-17-19-21-22-24-28-32-36-40-44-48-52-56-62(67)68-57-53-49-45-41-37-33-29-25-27-31-35-39-43-47-51-55-61(66)63-59(58-64)60(65)54-50-46-42-38-34-30-26-23-20-18-16-14-12-10-8-6-4-2/h11,13,17,19,50,54,59-60,64-65H,3-10,12,14-16,18,20-49,51-53,55-58H2,1-2H3,(H,63,66)/b13-11-,19-17-,54-50+. The van der Waals surface area contributed by atoms with Gasteiger partial charge in [0, 0.05) is 12.8 Å². The molecular formula is C62H117NO5. The van der Waals surface area contributed by atoms with Gasteiger partial charge >= 0.3 is 5.97 Å². The van der Waals surface area contributed by atoms with Crippen molar-refractivity contribution in [3.63, 3.8) is 0 Å². The van der Waals surface area contributed by atoms with Gasteiger partial charge in [-0.3, -0.25) is 9.59 Å². The highest BCUT2D eigenvalue weighted by Crippen LogP contribution is 2.17. The summed E-state index contributed by atoms with van der Waals surface area (Å²) in [6, 6.07) is -0.635. The van der Waals surface area contributed by atoms with Crippen molar-refractivity contribution >= 4 is 11.9 Å². The Morgan fingerprint density at radius 1 is 0.412 bits per heavy atom. The first-order valence-corrected chi connectivity index (χ1v) is 30.3. The molecule has 0 radical (unpaired) electrons. The van der Waals surface area contributed by atoms with Crippen molar-refractivity contribution in [2.75, 3.05) is 13.2 Å². The second kappa shape index (κ2) is 57.7. The lowest BCUT2D eigenvalue weighted by Gasteiger charge is -2.20. The van der Waals surface area contributed by atoms with Crippen molar-refractivity contribution in [3.8, 4) is 0 Å². The van der Waals surface area contributed by atoms with Crippen molar-refractivity contribution in [1.29, 1.82) is 0 Å². The predicted molar refractivity (Wildman–Crippen MR) is 296 cm³/mol. The molecule has 0 saturated carbocycles. The molecule has 6 nitrogen and oxygen atoms in total. The van der Waals surface area contributed by atoms with E-state index in [0.717, 1.165) is 64.2 Å². The van der Waals surface area contributed by atoms with Gasteiger partial charge in [-0.25, -0.2) is 0 Å². The number of ether oxygens (including phenoxy) is 1. The molecule has 0 aliphatic heterocycles. The zero-order valence-corrected chi connectivity index (χ0v) is 45.6. The van der Waals surface area contributed by atoms with Crippen molar-refractivity contribution in [2.45, 2.75) is 334 Å². The van der Waals surface area contributed by atoms with Crippen LogP contribution in [-0.2, 0) is 14.3 Å². The number of hydrogen-bond donors (Lipinski definition) is 3. The second-order valence-electron chi connectivity index (χ2n) is 20.7. The molecule has 400 valence electrons. The molecule has 0 heterocycles. The summed E-state index contributed by atoms with van der Waals surface area (Å²) in [5, 5.41) is 23.1. The average molecular weight is 957 g/mol. The number of aliphatic hydroxyl groups excluding tert-OH is 2. The summed E-state index contributed by atoms with van der Waals surface area (Å²) in [5.41, 5.74) is 0. The summed E-state index contributed by atoms with van der Waals surface area (Å²) in [6.45, 7) is 4.87. The number of aliphatic hydroxyl groups is 2. The van der Waals surface area contributed by atoms with Gasteiger partial charge in [0.25, 0.3) is 0 Å². The molecule has 0 spiro atoms. The third-order valence-electron chi connectivity index (χ3n) is 13.9. The molecule has 0 fully saturated rings. The van der Waals surface area contributed by atoms with Crippen LogP contribution in [0.1, 0.15) is 322 Å². The number of hydrogen-bond acceptors (Lipinski definition) is 5. The van der Waals surface area contributed by atoms with Crippen LogP contribution in [0.4, 0.5) is 0 Å². The van der Waals surface area contributed by atoms with E-state index in [4.69, 9.17) is 4.74 Å². The van der Waals surface area contributed by atoms with Crippen LogP contribution in [0.3, 0.4) is 0 Å². The summed E-state index contributed by atoms with van der Waals surface area (Å²) in [5.74, 6) is -0.0791. The Morgan fingerprint density at radius 3 is 1.15 bits per heavy atom. The van der Waals surface area contributed by atoms with E-state index >= 15 is 0 Å². The molecule has 0 rings (SSSR count). The normalized spacial score (nSPS) is 12.8. The Morgan fingerprint density at radius 2 is 0.735 bits per heavy atom. The van der Waals surface area contributed by atoms with E-state index in [2.05, 4.69) is 43.5 Å². The Bertz CT molecular complexity index is 1100. The van der Waals surface area contributed by atoms with E-state index < -0.39 is 12.1 Å². The molecular weight excluding hydrogens is 839 g/mol. The minimum Gasteiger partial charge on any atom is -0.466 e. The Labute approximate surface area is 424 Å². The Kier molecular flexibility index (Phi) is 56.0. The first kappa shape index (κ1) is 66.1. The van der Waals surface area contributed by atoms with Crippen LogP contribution in [0.25, 0.3) is 0 Å². The van der Waals surface area contributed by atoms with Gasteiger partial charge in [-0.1, -0.05) is 281 Å². The molecule has 2 unspecified atom stereocenters. The zero-order chi connectivity index (χ0) is 49.3. The lowest BCUT2D eigenvalue weighted by molar-refractivity contribution is -0.143. The molecule has 0 aliphatic rings. The number of rotatable bonds is 56. The highest BCUT2D eigenvalue weighted by atomic mass is 16.5. The van der Waals surface area contributed by atoms with Crippen LogP contribution in [0.5, 0.6) is 0 Å². The molecule has 0 bridgehead atoms. The zero-order valence-electron chi connectivity index (χ0n) is 45.6. The number of esters is 1. The van der Waals surface area contributed by atoms with E-state index in [0.29, 0.717) is 19.4 Å². The van der Waals surface area contributed by atoms with Crippen LogP contribution >= 0.6 is 0 Å². The van der Waals surface area contributed by atoms with Crippen molar-refractivity contribution in [2.24, 2.45) is 0 Å². The fraction of sp³-hybridized carbons (Fsp3) is 0.871. The maximum Gasteiger partial charge on any atom is 0.305 e. The molecule has 0 saturated heterocycles. The largest absolute Gasteiger partial charge is 0.466 e. The van der Waals surface area contributed by atoms with Crippen LogP contribution in [0.15, 0.2) is 36.5 Å². The smallest absolute Gasteiger partial charge is 0.305 e. The quantitative estimate of drug-likeness (QED) is 0.0321. The molecule has 0 aromatic rings. The predicted octanol–water partition coefficient (Wildman–Crippen LogP) is 18.8. The van der Waals surface area contributed by atoms with E-state index in [1.807, 2.05) is 6.08 Å².